The van der Waals surface area contributed by atoms with E-state index in [0.717, 1.165) is 17.7 Å². The molecule has 3 rings (SSSR count). The Morgan fingerprint density at radius 3 is 2.64 bits per heavy atom. The maximum Gasteiger partial charge on any atom is 0.191 e. The summed E-state index contributed by atoms with van der Waals surface area (Å²) in [4.78, 5) is 6.59. The van der Waals surface area contributed by atoms with E-state index in [2.05, 4.69) is 15.6 Å². The second-order valence-electron chi connectivity index (χ2n) is 7.24. The lowest BCUT2D eigenvalue weighted by Crippen LogP contribution is -2.37. The fourth-order valence-corrected chi connectivity index (χ4v) is 3.38. The van der Waals surface area contributed by atoms with Gasteiger partial charge in [-0.25, -0.2) is 9.38 Å². The van der Waals surface area contributed by atoms with E-state index in [1.54, 1.807) is 6.07 Å². The quantitative estimate of drug-likeness (QED) is 0.526. The Kier molecular flexibility index (Phi) is 6.92. The molecule has 0 bridgehead atoms. The lowest BCUT2D eigenvalue weighted by atomic mass is 10.1. The number of aliphatic hydroxyl groups excluding tert-OH is 1. The van der Waals surface area contributed by atoms with Crippen molar-refractivity contribution in [3.63, 3.8) is 0 Å². The Hall–Kier alpha value is -2.54. The molecule has 7 heteroatoms. The molecule has 1 aromatic carbocycles. The van der Waals surface area contributed by atoms with Crippen LogP contribution in [-0.2, 0) is 20.1 Å². The number of piperidine rings is 1. The molecule has 0 saturated carbocycles. The van der Waals surface area contributed by atoms with E-state index in [9.17, 15) is 9.50 Å². The highest BCUT2D eigenvalue weighted by Gasteiger charge is 2.19. The molecule has 1 aliphatic heterocycles. The zero-order valence-corrected chi connectivity index (χ0v) is 16.7. The first kappa shape index (κ1) is 20.2. The van der Waals surface area contributed by atoms with Crippen molar-refractivity contribution in [2.45, 2.75) is 39.0 Å². The lowest BCUT2D eigenvalue weighted by molar-refractivity contribution is 0.145. The van der Waals surface area contributed by atoms with Gasteiger partial charge in [0.15, 0.2) is 5.96 Å². The van der Waals surface area contributed by atoms with Gasteiger partial charge in [0.05, 0.1) is 18.3 Å². The third-order valence-electron chi connectivity index (χ3n) is 4.93. The van der Waals surface area contributed by atoms with Crippen LogP contribution in [-0.4, -0.2) is 41.4 Å². The highest BCUT2D eigenvalue weighted by atomic mass is 19.1. The highest BCUT2D eigenvalue weighted by Crippen LogP contribution is 2.24. The molecule has 0 spiro atoms. The summed E-state index contributed by atoms with van der Waals surface area (Å²) in [6.45, 7) is 5.23. The Morgan fingerprint density at radius 1 is 1.21 bits per heavy atom. The summed E-state index contributed by atoms with van der Waals surface area (Å²) in [6, 6.07) is 7.39. The number of nitrogens with zero attached hydrogens (tertiary/aromatic N) is 3. The van der Waals surface area contributed by atoms with Gasteiger partial charge in [-0.15, -0.1) is 0 Å². The number of aromatic nitrogens is 1. The molecule has 0 radical (unpaired) electrons. The third kappa shape index (κ3) is 5.48. The molecular formula is C21H30FN5O. The third-order valence-corrected chi connectivity index (χ3v) is 4.93. The fourth-order valence-electron chi connectivity index (χ4n) is 3.38. The molecule has 0 atom stereocenters. The Labute approximate surface area is 166 Å². The summed E-state index contributed by atoms with van der Waals surface area (Å²) in [5, 5.41) is 16.1. The first-order valence-electron chi connectivity index (χ1n) is 9.89. The van der Waals surface area contributed by atoms with Gasteiger partial charge in [-0.1, -0.05) is 6.07 Å². The monoisotopic (exact) mass is 387 g/mol. The molecular weight excluding hydrogens is 357 g/mol. The van der Waals surface area contributed by atoms with E-state index < -0.39 is 0 Å². The molecule has 1 saturated heterocycles. The van der Waals surface area contributed by atoms with Gasteiger partial charge in [0.25, 0.3) is 0 Å². The number of halogens is 1. The molecule has 3 N–H and O–H groups in total. The maximum absolute atomic E-state index is 14.6. The Bertz CT molecular complexity index is 796. The molecule has 2 aromatic rings. The van der Waals surface area contributed by atoms with Crippen molar-refractivity contribution in [2.24, 2.45) is 12.0 Å². The molecule has 152 valence electrons. The number of anilines is 1. The van der Waals surface area contributed by atoms with Gasteiger partial charge in [0, 0.05) is 45.6 Å². The first-order chi connectivity index (χ1) is 13.5. The van der Waals surface area contributed by atoms with Crippen LogP contribution < -0.4 is 15.5 Å². The van der Waals surface area contributed by atoms with Crippen LogP contribution in [0.2, 0.25) is 0 Å². The van der Waals surface area contributed by atoms with Crippen LogP contribution in [0, 0.1) is 5.82 Å². The molecule has 1 aromatic heterocycles. The molecule has 0 aliphatic carbocycles. The van der Waals surface area contributed by atoms with Crippen molar-refractivity contribution < 1.29 is 9.50 Å². The minimum absolute atomic E-state index is 0.220. The number of hydrogen-bond acceptors (Lipinski definition) is 3. The van der Waals surface area contributed by atoms with Gasteiger partial charge >= 0.3 is 0 Å². The predicted octanol–water partition coefficient (Wildman–Crippen LogP) is 2.38. The van der Waals surface area contributed by atoms with Gasteiger partial charge in [-0.05, 0) is 49.1 Å². The summed E-state index contributed by atoms with van der Waals surface area (Å²) >= 11 is 0. The number of aliphatic imine (C=N–C) groups is 1. The zero-order valence-electron chi connectivity index (χ0n) is 16.7. The largest absolute Gasteiger partial charge is 0.393 e. The summed E-state index contributed by atoms with van der Waals surface area (Å²) < 4.78 is 16.6. The van der Waals surface area contributed by atoms with Crippen molar-refractivity contribution in [2.75, 3.05) is 24.5 Å². The van der Waals surface area contributed by atoms with Gasteiger partial charge in [-0.2, -0.15) is 0 Å². The number of hydrogen-bond donors (Lipinski definition) is 3. The van der Waals surface area contributed by atoms with E-state index in [0.29, 0.717) is 50.7 Å². The maximum atomic E-state index is 14.6. The fraction of sp³-hybridized carbons (Fsp3) is 0.476. The van der Waals surface area contributed by atoms with Crippen molar-refractivity contribution >= 4 is 11.6 Å². The molecule has 0 amide bonds. The SMILES string of the molecule is CCNC(=NCc1ccn(C)c1)NCc1ccc(N2CCC(O)CC2)c(F)c1. The van der Waals surface area contributed by atoms with Gasteiger partial charge in [0.2, 0.25) is 0 Å². The minimum Gasteiger partial charge on any atom is -0.393 e. The summed E-state index contributed by atoms with van der Waals surface area (Å²) in [5.41, 5.74) is 2.62. The first-order valence-corrected chi connectivity index (χ1v) is 9.89. The van der Waals surface area contributed by atoms with Crippen molar-refractivity contribution in [3.8, 4) is 0 Å². The molecule has 28 heavy (non-hydrogen) atoms. The average molecular weight is 388 g/mol. The molecule has 6 nitrogen and oxygen atoms in total. The second kappa shape index (κ2) is 9.59. The smallest absolute Gasteiger partial charge is 0.191 e. The second-order valence-corrected chi connectivity index (χ2v) is 7.24. The van der Waals surface area contributed by atoms with Crippen molar-refractivity contribution in [1.29, 1.82) is 0 Å². The van der Waals surface area contributed by atoms with Crippen LogP contribution in [0.1, 0.15) is 30.9 Å². The summed E-state index contributed by atoms with van der Waals surface area (Å²) in [7, 11) is 1.99. The van der Waals surface area contributed by atoms with E-state index >= 15 is 0 Å². The van der Waals surface area contributed by atoms with E-state index in [1.807, 2.05) is 54.0 Å². The number of aryl methyl sites for hydroxylation is 1. The Balaban J connectivity index is 1.59. The van der Waals surface area contributed by atoms with E-state index in [4.69, 9.17) is 0 Å². The number of nitrogens with one attached hydrogen (secondary N) is 2. The van der Waals surface area contributed by atoms with Crippen LogP contribution in [0.3, 0.4) is 0 Å². The van der Waals surface area contributed by atoms with Gasteiger partial charge in [-0.3, -0.25) is 0 Å². The van der Waals surface area contributed by atoms with Crippen LogP contribution in [0.25, 0.3) is 0 Å². The topological polar surface area (TPSA) is 64.8 Å². The van der Waals surface area contributed by atoms with Crippen LogP contribution in [0.4, 0.5) is 10.1 Å². The number of rotatable bonds is 6. The number of aliphatic hydroxyl groups is 1. The molecule has 2 heterocycles. The Morgan fingerprint density at radius 2 is 2.00 bits per heavy atom. The standard InChI is InChI=1S/C21H30FN5O/c1-3-23-21(25-14-17-6-9-26(2)15-17)24-13-16-4-5-20(19(22)12-16)27-10-7-18(28)8-11-27/h4-6,9,12,15,18,28H,3,7-8,10-11,13-14H2,1-2H3,(H2,23,24,25). The lowest BCUT2D eigenvalue weighted by Gasteiger charge is -2.31. The number of benzene rings is 1. The molecule has 1 fully saturated rings. The van der Waals surface area contributed by atoms with Crippen molar-refractivity contribution in [3.05, 3.63) is 53.6 Å². The average Bonchev–Trinajstić information content (AvgIpc) is 3.10. The van der Waals surface area contributed by atoms with E-state index in [-0.39, 0.29) is 11.9 Å². The molecule has 0 unspecified atom stereocenters. The predicted molar refractivity (Wildman–Crippen MR) is 111 cm³/mol. The van der Waals surface area contributed by atoms with Crippen LogP contribution >= 0.6 is 0 Å². The van der Waals surface area contributed by atoms with E-state index in [1.165, 1.54) is 0 Å². The number of guanidine groups is 1. The molecule has 1 aliphatic rings. The van der Waals surface area contributed by atoms with Crippen LogP contribution in [0.15, 0.2) is 41.7 Å². The summed E-state index contributed by atoms with van der Waals surface area (Å²) in [6.07, 6.45) is 5.15. The van der Waals surface area contributed by atoms with Gasteiger partial charge < -0.3 is 25.2 Å². The zero-order chi connectivity index (χ0) is 19.9. The summed E-state index contributed by atoms with van der Waals surface area (Å²) in [5.74, 6) is 0.489. The minimum atomic E-state index is -0.262. The van der Waals surface area contributed by atoms with Gasteiger partial charge in [0.1, 0.15) is 5.82 Å². The highest BCUT2D eigenvalue weighted by molar-refractivity contribution is 5.79. The van der Waals surface area contributed by atoms with Crippen LogP contribution in [0.5, 0.6) is 0 Å². The van der Waals surface area contributed by atoms with Crippen molar-refractivity contribution in [1.82, 2.24) is 15.2 Å². The normalized spacial score (nSPS) is 15.7.